The van der Waals surface area contributed by atoms with Crippen LogP contribution in [0.2, 0.25) is 5.02 Å². The van der Waals surface area contributed by atoms with E-state index < -0.39 is 0 Å². The van der Waals surface area contributed by atoms with Gasteiger partial charge in [-0.15, -0.1) is 0 Å². The maximum absolute atomic E-state index is 7.52. The number of halogens is 2. The van der Waals surface area contributed by atoms with Gasteiger partial charge < -0.3 is 10.5 Å². The normalized spacial score (nSPS) is 10.2. The average molecular weight is 340 g/mol. The molecule has 2 aromatic carbocycles. The first-order valence-electron chi connectivity index (χ1n) is 5.58. The molecular weight excluding hydrogens is 328 g/mol. The first-order valence-corrected chi connectivity index (χ1v) is 6.75. The van der Waals surface area contributed by atoms with E-state index in [9.17, 15) is 0 Å². The van der Waals surface area contributed by atoms with Gasteiger partial charge in [-0.2, -0.15) is 0 Å². The van der Waals surface area contributed by atoms with E-state index in [0.717, 1.165) is 10.0 Å². The first-order chi connectivity index (χ1) is 9.08. The van der Waals surface area contributed by atoms with Gasteiger partial charge in [0, 0.05) is 15.1 Å². The van der Waals surface area contributed by atoms with Crippen LogP contribution in [0, 0.1) is 5.41 Å². The second-order valence-electron chi connectivity index (χ2n) is 3.93. The number of hydrogen-bond donors (Lipinski definition) is 2. The molecule has 0 unspecified atom stereocenters. The quantitative estimate of drug-likeness (QED) is 0.654. The van der Waals surface area contributed by atoms with Crippen molar-refractivity contribution in [2.45, 2.75) is 6.61 Å². The molecule has 0 saturated heterocycles. The van der Waals surface area contributed by atoms with Gasteiger partial charge in [0.05, 0.1) is 5.56 Å². The lowest BCUT2D eigenvalue weighted by Crippen LogP contribution is -2.13. The van der Waals surface area contributed by atoms with Crippen LogP contribution in [0.3, 0.4) is 0 Å². The van der Waals surface area contributed by atoms with Gasteiger partial charge in [0.2, 0.25) is 0 Å². The van der Waals surface area contributed by atoms with Crippen molar-refractivity contribution in [3.63, 3.8) is 0 Å². The molecule has 5 heteroatoms. The van der Waals surface area contributed by atoms with Crippen LogP contribution >= 0.6 is 27.5 Å². The smallest absolute Gasteiger partial charge is 0.132 e. The number of nitrogen functional groups attached to an aromatic ring is 1. The second kappa shape index (κ2) is 6.08. The molecule has 3 nitrogen and oxygen atoms in total. The predicted octanol–water partition coefficient (Wildman–Crippen LogP) is 3.97. The summed E-state index contributed by atoms with van der Waals surface area (Å²) >= 11 is 9.39. The Labute approximate surface area is 125 Å². The second-order valence-corrected chi connectivity index (χ2v) is 5.23. The fourth-order valence-electron chi connectivity index (χ4n) is 1.61. The highest BCUT2D eigenvalue weighted by Crippen LogP contribution is 2.25. The molecule has 0 aromatic heterocycles. The summed E-state index contributed by atoms with van der Waals surface area (Å²) in [7, 11) is 0. The number of rotatable bonds is 4. The van der Waals surface area contributed by atoms with Gasteiger partial charge in [0.1, 0.15) is 18.2 Å². The number of benzene rings is 2. The van der Waals surface area contributed by atoms with Crippen LogP contribution in [0.4, 0.5) is 0 Å². The summed E-state index contributed by atoms with van der Waals surface area (Å²) in [5.41, 5.74) is 7.06. The molecule has 0 heterocycles. The average Bonchev–Trinajstić information content (AvgIpc) is 2.37. The molecule has 0 aliphatic rings. The molecule has 0 aliphatic carbocycles. The highest BCUT2D eigenvalue weighted by atomic mass is 79.9. The topological polar surface area (TPSA) is 59.1 Å². The number of hydrogen-bond acceptors (Lipinski definition) is 2. The lowest BCUT2D eigenvalue weighted by Gasteiger charge is -2.12. The summed E-state index contributed by atoms with van der Waals surface area (Å²) in [6.45, 7) is 0.377. The fraction of sp³-hybridized carbons (Fsp3) is 0.0714. The molecule has 0 fully saturated rings. The van der Waals surface area contributed by atoms with E-state index in [0.29, 0.717) is 22.9 Å². The Morgan fingerprint density at radius 3 is 2.68 bits per heavy atom. The van der Waals surface area contributed by atoms with E-state index in [-0.39, 0.29) is 5.84 Å². The fourth-order valence-corrected chi connectivity index (χ4v) is 2.17. The summed E-state index contributed by atoms with van der Waals surface area (Å²) in [4.78, 5) is 0. The molecule has 19 heavy (non-hydrogen) atoms. The van der Waals surface area contributed by atoms with E-state index in [1.807, 2.05) is 24.3 Å². The molecular formula is C14H12BrClN2O. The lowest BCUT2D eigenvalue weighted by molar-refractivity contribution is 0.305. The maximum Gasteiger partial charge on any atom is 0.132 e. The van der Waals surface area contributed by atoms with Crippen LogP contribution in [0.15, 0.2) is 46.9 Å². The monoisotopic (exact) mass is 338 g/mol. The van der Waals surface area contributed by atoms with Gasteiger partial charge in [0.15, 0.2) is 0 Å². The van der Waals surface area contributed by atoms with Gasteiger partial charge in [-0.1, -0.05) is 45.7 Å². The Kier molecular flexibility index (Phi) is 4.45. The van der Waals surface area contributed by atoms with Crippen LogP contribution in [0.5, 0.6) is 5.75 Å². The number of amidine groups is 1. The molecule has 0 saturated carbocycles. The minimum Gasteiger partial charge on any atom is -0.488 e. The molecule has 0 amide bonds. The van der Waals surface area contributed by atoms with E-state index in [1.54, 1.807) is 18.2 Å². The van der Waals surface area contributed by atoms with Crippen molar-refractivity contribution in [3.05, 3.63) is 63.1 Å². The molecule has 0 bridgehead atoms. The molecule has 2 aromatic rings. The Bertz CT molecular complexity index is 616. The highest BCUT2D eigenvalue weighted by Gasteiger charge is 2.08. The van der Waals surface area contributed by atoms with Crippen molar-refractivity contribution in [1.29, 1.82) is 5.41 Å². The SMILES string of the molecule is N=C(N)c1ccc(Cl)cc1OCc1ccccc1Br. The zero-order chi connectivity index (χ0) is 13.8. The van der Waals surface area contributed by atoms with Crippen LogP contribution in [-0.4, -0.2) is 5.84 Å². The summed E-state index contributed by atoms with van der Waals surface area (Å²) in [6, 6.07) is 12.8. The van der Waals surface area contributed by atoms with Crippen molar-refractivity contribution < 1.29 is 4.74 Å². The van der Waals surface area contributed by atoms with Crippen LogP contribution in [0.1, 0.15) is 11.1 Å². The predicted molar refractivity (Wildman–Crippen MR) is 80.9 cm³/mol. The zero-order valence-corrected chi connectivity index (χ0v) is 12.3. The number of nitrogens with two attached hydrogens (primary N) is 1. The molecule has 0 atom stereocenters. The summed E-state index contributed by atoms with van der Waals surface area (Å²) < 4.78 is 6.68. The van der Waals surface area contributed by atoms with Crippen LogP contribution in [0.25, 0.3) is 0 Å². The van der Waals surface area contributed by atoms with Crippen LogP contribution < -0.4 is 10.5 Å². The third-order valence-corrected chi connectivity index (χ3v) is 3.58. The zero-order valence-electron chi connectivity index (χ0n) is 9.99. The van der Waals surface area contributed by atoms with Crippen molar-refractivity contribution >= 4 is 33.4 Å². The van der Waals surface area contributed by atoms with E-state index >= 15 is 0 Å². The van der Waals surface area contributed by atoms with Crippen molar-refractivity contribution in [2.24, 2.45) is 5.73 Å². The van der Waals surface area contributed by atoms with Gasteiger partial charge in [0.25, 0.3) is 0 Å². The van der Waals surface area contributed by atoms with Crippen molar-refractivity contribution in [2.75, 3.05) is 0 Å². The molecule has 0 spiro atoms. The number of ether oxygens (including phenoxy) is 1. The molecule has 3 N–H and O–H groups in total. The van der Waals surface area contributed by atoms with Gasteiger partial charge >= 0.3 is 0 Å². The first kappa shape index (κ1) is 13.9. The highest BCUT2D eigenvalue weighted by molar-refractivity contribution is 9.10. The Hall–Kier alpha value is -1.52. The molecule has 98 valence electrons. The van der Waals surface area contributed by atoms with Gasteiger partial charge in [-0.3, -0.25) is 5.41 Å². The number of nitrogens with one attached hydrogen (secondary N) is 1. The van der Waals surface area contributed by atoms with Crippen LogP contribution in [-0.2, 0) is 6.61 Å². The summed E-state index contributed by atoms with van der Waals surface area (Å²) in [6.07, 6.45) is 0. The summed E-state index contributed by atoms with van der Waals surface area (Å²) in [5, 5.41) is 8.07. The maximum atomic E-state index is 7.52. The van der Waals surface area contributed by atoms with Crippen molar-refractivity contribution in [1.82, 2.24) is 0 Å². The largest absolute Gasteiger partial charge is 0.488 e. The standard InChI is InChI=1S/C14H12BrClN2O/c15-12-4-2-1-3-9(12)8-19-13-7-10(16)5-6-11(13)14(17)18/h1-7H,8H2,(H3,17,18). The van der Waals surface area contributed by atoms with E-state index in [4.69, 9.17) is 27.5 Å². The minimum atomic E-state index is -0.0428. The third kappa shape index (κ3) is 3.49. The lowest BCUT2D eigenvalue weighted by atomic mass is 10.2. The molecule has 0 radical (unpaired) electrons. The molecule has 2 rings (SSSR count). The van der Waals surface area contributed by atoms with Gasteiger partial charge in [-0.05, 0) is 24.3 Å². The summed E-state index contributed by atoms with van der Waals surface area (Å²) in [5.74, 6) is 0.467. The Morgan fingerprint density at radius 1 is 1.26 bits per heavy atom. The Morgan fingerprint density at radius 2 is 2.00 bits per heavy atom. The van der Waals surface area contributed by atoms with E-state index in [1.165, 1.54) is 0 Å². The van der Waals surface area contributed by atoms with E-state index in [2.05, 4.69) is 15.9 Å². The molecule has 0 aliphatic heterocycles. The Balaban J connectivity index is 2.22. The van der Waals surface area contributed by atoms with Gasteiger partial charge in [-0.25, -0.2) is 0 Å². The minimum absolute atomic E-state index is 0.0428. The third-order valence-electron chi connectivity index (χ3n) is 2.57. The van der Waals surface area contributed by atoms with Crippen molar-refractivity contribution in [3.8, 4) is 5.75 Å².